The maximum absolute atomic E-state index is 11.4. The van der Waals surface area contributed by atoms with Crippen molar-refractivity contribution in [2.75, 3.05) is 5.73 Å². The van der Waals surface area contributed by atoms with Gasteiger partial charge >= 0.3 is 0 Å². The van der Waals surface area contributed by atoms with Gasteiger partial charge in [0.25, 0.3) is 0 Å². The molecule has 0 bridgehead atoms. The number of hydrogen-bond donors (Lipinski definition) is 1. The summed E-state index contributed by atoms with van der Waals surface area (Å²) in [5.41, 5.74) is 7.73. The third-order valence-electron chi connectivity index (χ3n) is 2.73. The van der Waals surface area contributed by atoms with E-state index in [2.05, 4.69) is 6.92 Å². The summed E-state index contributed by atoms with van der Waals surface area (Å²) in [6.45, 7) is 3.77. The zero-order valence-electron chi connectivity index (χ0n) is 9.49. The molecule has 1 aromatic rings. The molecule has 0 amide bonds. The van der Waals surface area contributed by atoms with E-state index in [0.29, 0.717) is 0 Å². The normalized spacial score (nSPS) is 12.4. The molecule has 1 unspecified atom stereocenters. The van der Waals surface area contributed by atoms with Crippen molar-refractivity contribution in [3.05, 3.63) is 29.8 Å². The third-order valence-corrected chi connectivity index (χ3v) is 2.73. The zero-order chi connectivity index (χ0) is 11.3. The van der Waals surface area contributed by atoms with Gasteiger partial charge in [-0.05, 0) is 31.4 Å². The molecule has 2 heteroatoms. The predicted molar refractivity (Wildman–Crippen MR) is 63.6 cm³/mol. The highest BCUT2D eigenvalue weighted by Crippen LogP contribution is 2.19. The predicted octanol–water partition coefficient (Wildman–Crippen LogP) is 2.82. The molecule has 15 heavy (non-hydrogen) atoms. The van der Waals surface area contributed by atoms with Gasteiger partial charge in [0.2, 0.25) is 0 Å². The zero-order valence-corrected chi connectivity index (χ0v) is 9.49. The summed E-state index contributed by atoms with van der Waals surface area (Å²) < 4.78 is 0. The van der Waals surface area contributed by atoms with Gasteiger partial charge in [0.05, 0.1) is 0 Å². The molecule has 0 spiro atoms. The summed E-state index contributed by atoms with van der Waals surface area (Å²) in [4.78, 5) is 11.4. The van der Waals surface area contributed by atoms with Crippen molar-refractivity contribution in [3.8, 4) is 0 Å². The van der Waals surface area contributed by atoms with Crippen LogP contribution in [-0.2, 0) is 11.2 Å². The van der Waals surface area contributed by atoms with Crippen LogP contribution in [0.25, 0.3) is 0 Å². The van der Waals surface area contributed by atoms with Crippen LogP contribution in [0.2, 0.25) is 0 Å². The second kappa shape index (κ2) is 5.54. The quantitative estimate of drug-likeness (QED) is 0.751. The van der Waals surface area contributed by atoms with Gasteiger partial charge in [-0.1, -0.05) is 31.5 Å². The minimum atomic E-state index is 0.125. The maximum atomic E-state index is 11.4. The van der Waals surface area contributed by atoms with Gasteiger partial charge < -0.3 is 5.73 Å². The number of Topliss-reactive ketones (excluding diaryl/α,β-unsaturated/α-hetero) is 1. The second-order valence-corrected chi connectivity index (χ2v) is 4.00. The molecule has 0 fully saturated rings. The van der Waals surface area contributed by atoms with Gasteiger partial charge in [0.1, 0.15) is 5.78 Å². The van der Waals surface area contributed by atoms with E-state index in [1.165, 1.54) is 0 Å². The number of ketones is 1. The van der Waals surface area contributed by atoms with E-state index in [1.807, 2.05) is 24.3 Å². The van der Waals surface area contributed by atoms with Gasteiger partial charge in [0.15, 0.2) is 0 Å². The molecule has 0 aliphatic rings. The van der Waals surface area contributed by atoms with E-state index >= 15 is 0 Å². The lowest BCUT2D eigenvalue weighted by molar-refractivity contribution is -0.120. The Bertz CT molecular complexity index is 333. The van der Waals surface area contributed by atoms with Gasteiger partial charge in [0, 0.05) is 11.6 Å². The van der Waals surface area contributed by atoms with Crippen molar-refractivity contribution in [1.29, 1.82) is 0 Å². The smallest absolute Gasteiger partial charge is 0.133 e. The highest BCUT2D eigenvalue weighted by atomic mass is 16.1. The molecule has 0 saturated carbocycles. The van der Waals surface area contributed by atoms with Crippen LogP contribution < -0.4 is 5.73 Å². The van der Waals surface area contributed by atoms with Crippen molar-refractivity contribution in [3.63, 3.8) is 0 Å². The molecule has 0 aliphatic carbocycles. The summed E-state index contributed by atoms with van der Waals surface area (Å²) in [5, 5.41) is 0. The summed E-state index contributed by atoms with van der Waals surface area (Å²) in [7, 11) is 0. The average Bonchev–Trinajstić information content (AvgIpc) is 2.20. The van der Waals surface area contributed by atoms with Crippen LogP contribution in [0.1, 0.15) is 32.3 Å². The van der Waals surface area contributed by atoms with Crippen LogP contribution in [0.15, 0.2) is 24.3 Å². The number of para-hydroxylation sites is 1. The van der Waals surface area contributed by atoms with E-state index in [9.17, 15) is 4.79 Å². The van der Waals surface area contributed by atoms with Gasteiger partial charge in [-0.3, -0.25) is 4.79 Å². The van der Waals surface area contributed by atoms with Crippen molar-refractivity contribution in [1.82, 2.24) is 0 Å². The molecule has 0 aromatic heterocycles. The maximum Gasteiger partial charge on any atom is 0.133 e. The van der Waals surface area contributed by atoms with Gasteiger partial charge in [-0.15, -0.1) is 0 Å². The van der Waals surface area contributed by atoms with E-state index < -0.39 is 0 Å². The molecular weight excluding hydrogens is 186 g/mol. The van der Waals surface area contributed by atoms with Crippen LogP contribution in [0.5, 0.6) is 0 Å². The first-order valence-electron chi connectivity index (χ1n) is 5.49. The summed E-state index contributed by atoms with van der Waals surface area (Å²) in [5.74, 6) is 0.389. The first-order valence-corrected chi connectivity index (χ1v) is 5.49. The fraction of sp³-hybridized carbons (Fsp3) is 0.462. The number of nitrogens with two attached hydrogens (primary N) is 1. The number of hydrogen-bond acceptors (Lipinski definition) is 2. The van der Waals surface area contributed by atoms with Gasteiger partial charge in [-0.25, -0.2) is 0 Å². The number of carbonyl (C=O) groups excluding carboxylic acids is 1. The van der Waals surface area contributed by atoms with E-state index in [4.69, 9.17) is 5.73 Å². The number of rotatable bonds is 5. The van der Waals surface area contributed by atoms with Gasteiger partial charge in [-0.2, -0.15) is 0 Å². The lowest BCUT2D eigenvalue weighted by Gasteiger charge is -2.13. The molecule has 1 aromatic carbocycles. The fourth-order valence-corrected chi connectivity index (χ4v) is 1.78. The van der Waals surface area contributed by atoms with Crippen molar-refractivity contribution >= 4 is 11.5 Å². The Balaban J connectivity index is 2.74. The van der Waals surface area contributed by atoms with Crippen LogP contribution >= 0.6 is 0 Å². The lowest BCUT2D eigenvalue weighted by atomic mass is 9.91. The van der Waals surface area contributed by atoms with Crippen LogP contribution in [0.3, 0.4) is 0 Å². The highest BCUT2D eigenvalue weighted by molar-refractivity contribution is 5.78. The minimum Gasteiger partial charge on any atom is -0.399 e. The summed E-state index contributed by atoms with van der Waals surface area (Å²) in [6, 6.07) is 7.77. The molecular formula is C13H19NO. The molecule has 1 rings (SSSR count). The van der Waals surface area contributed by atoms with E-state index in [-0.39, 0.29) is 11.7 Å². The highest BCUT2D eigenvalue weighted by Gasteiger charge is 2.14. The Hall–Kier alpha value is -1.31. The average molecular weight is 205 g/mol. The van der Waals surface area contributed by atoms with Crippen LogP contribution in [0, 0.1) is 5.92 Å². The van der Waals surface area contributed by atoms with Crippen molar-refractivity contribution < 1.29 is 4.79 Å². The monoisotopic (exact) mass is 205 g/mol. The first kappa shape index (κ1) is 11.8. The van der Waals surface area contributed by atoms with Crippen molar-refractivity contribution in [2.24, 2.45) is 5.92 Å². The molecule has 0 radical (unpaired) electrons. The third kappa shape index (κ3) is 3.39. The minimum absolute atomic E-state index is 0.125. The lowest BCUT2D eigenvalue weighted by Crippen LogP contribution is -2.14. The topological polar surface area (TPSA) is 43.1 Å². The number of nitrogen functional groups attached to an aromatic ring is 1. The standard InChI is InChI=1S/C13H19NO/c1-3-6-11(10(2)15)9-12-7-4-5-8-13(12)14/h4-5,7-8,11H,3,6,9,14H2,1-2H3. The molecule has 0 heterocycles. The Morgan fingerprint density at radius 3 is 2.60 bits per heavy atom. The van der Waals surface area contributed by atoms with Crippen molar-refractivity contribution in [2.45, 2.75) is 33.1 Å². The Kier molecular flexibility index (Phi) is 4.35. The molecule has 1 atom stereocenters. The Morgan fingerprint density at radius 2 is 2.07 bits per heavy atom. The van der Waals surface area contributed by atoms with E-state index in [1.54, 1.807) is 6.92 Å². The molecule has 0 saturated heterocycles. The first-order chi connectivity index (χ1) is 7.15. The summed E-state index contributed by atoms with van der Waals surface area (Å²) >= 11 is 0. The largest absolute Gasteiger partial charge is 0.399 e. The summed E-state index contributed by atoms with van der Waals surface area (Å²) in [6.07, 6.45) is 2.76. The van der Waals surface area contributed by atoms with E-state index in [0.717, 1.165) is 30.5 Å². The second-order valence-electron chi connectivity index (χ2n) is 4.00. The molecule has 0 aliphatic heterocycles. The van der Waals surface area contributed by atoms with Crippen LogP contribution in [-0.4, -0.2) is 5.78 Å². The molecule has 82 valence electrons. The fourth-order valence-electron chi connectivity index (χ4n) is 1.78. The number of benzene rings is 1. The number of carbonyl (C=O) groups is 1. The molecule has 2 N–H and O–H groups in total. The number of anilines is 1. The molecule has 2 nitrogen and oxygen atoms in total. The Labute approximate surface area is 91.5 Å². The Morgan fingerprint density at radius 1 is 1.40 bits per heavy atom. The van der Waals surface area contributed by atoms with Crippen LogP contribution in [0.4, 0.5) is 5.69 Å². The SMILES string of the molecule is CCCC(Cc1ccccc1N)C(C)=O.